The van der Waals surface area contributed by atoms with E-state index in [-0.39, 0.29) is 16.6 Å². The first kappa shape index (κ1) is 10.6. The van der Waals surface area contributed by atoms with E-state index in [1.54, 1.807) is 0 Å². The Hall–Kier alpha value is -0.445. The summed E-state index contributed by atoms with van der Waals surface area (Å²) in [7, 11) is 1.54. The Morgan fingerprint density at radius 2 is 1.85 bits per heavy atom. The average Bonchev–Trinajstić information content (AvgIpc) is 2.15. The lowest BCUT2D eigenvalue weighted by molar-refractivity contribution is -0.128. The van der Waals surface area contributed by atoms with Crippen molar-refractivity contribution in [2.45, 2.75) is 32.4 Å². The van der Waals surface area contributed by atoms with Crippen molar-refractivity contribution >= 4 is 30.9 Å². The maximum Gasteiger partial charge on any atom is 0.276 e. The van der Waals surface area contributed by atoms with Crippen LogP contribution in [0.1, 0.15) is 27.7 Å². The van der Waals surface area contributed by atoms with Crippen molar-refractivity contribution in [1.29, 1.82) is 0 Å². The smallest absolute Gasteiger partial charge is 0.276 e. The molecule has 13 heavy (non-hydrogen) atoms. The fraction of sp³-hybridized carbons (Fsp3) is 0.750. The highest BCUT2D eigenvalue weighted by atomic mass is 32.2. The molecule has 0 aromatic heterocycles. The molecule has 1 rings (SSSR count). The number of amides is 2. The molecule has 3 nitrogen and oxygen atoms in total. The molecule has 0 saturated carbocycles. The standard InChI is InChI=1S/C8H14BNO2S/c1-7(2,3)8(4)5(11)10(9)6(12)13-8/h9H2,1-4H3. The van der Waals surface area contributed by atoms with Crippen LogP contribution in [0.25, 0.3) is 0 Å². The summed E-state index contributed by atoms with van der Waals surface area (Å²) >= 11 is 1.13. The van der Waals surface area contributed by atoms with E-state index in [4.69, 9.17) is 0 Å². The molecule has 0 spiro atoms. The second kappa shape index (κ2) is 2.77. The zero-order chi connectivity index (χ0) is 10.4. The van der Waals surface area contributed by atoms with Gasteiger partial charge in [-0.25, -0.2) is 0 Å². The summed E-state index contributed by atoms with van der Waals surface area (Å²) in [5.41, 5.74) is -0.199. The molecular formula is C8H14BNO2S. The SMILES string of the molecule is BN1C(=O)SC(C)(C(C)(C)C)C1=O. The van der Waals surface area contributed by atoms with E-state index >= 15 is 0 Å². The number of carbonyl (C=O) groups excluding carboxylic acids is 2. The molecule has 0 aromatic rings. The molecule has 2 amide bonds. The van der Waals surface area contributed by atoms with E-state index < -0.39 is 4.75 Å². The Morgan fingerprint density at radius 1 is 1.38 bits per heavy atom. The largest absolute Gasteiger partial charge is 0.326 e. The molecule has 5 heteroatoms. The third kappa shape index (κ3) is 1.39. The number of carbonyl (C=O) groups is 2. The molecule has 1 saturated heterocycles. The minimum absolute atomic E-state index is 0.0880. The van der Waals surface area contributed by atoms with Crippen LogP contribution in [0, 0.1) is 5.41 Å². The monoisotopic (exact) mass is 199 g/mol. The lowest BCUT2D eigenvalue weighted by atomic mass is 9.80. The van der Waals surface area contributed by atoms with Gasteiger partial charge < -0.3 is 4.81 Å². The van der Waals surface area contributed by atoms with E-state index in [1.165, 1.54) is 12.8 Å². The first-order valence-electron chi connectivity index (χ1n) is 4.21. The molecule has 0 N–H and O–H groups in total. The van der Waals surface area contributed by atoms with Crippen molar-refractivity contribution in [1.82, 2.24) is 4.81 Å². The lowest BCUT2D eigenvalue weighted by Gasteiger charge is -2.34. The lowest BCUT2D eigenvalue weighted by Crippen LogP contribution is -2.45. The van der Waals surface area contributed by atoms with Crippen LogP contribution in [-0.4, -0.2) is 28.7 Å². The Labute approximate surface area is 83.7 Å². The number of imide groups is 1. The van der Waals surface area contributed by atoms with Crippen LogP contribution >= 0.6 is 11.8 Å². The van der Waals surface area contributed by atoms with Crippen molar-refractivity contribution in [2.24, 2.45) is 5.41 Å². The number of rotatable bonds is 0. The van der Waals surface area contributed by atoms with Gasteiger partial charge >= 0.3 is 0 Å². The highest BCUT2D eigenvalue weighted by Crippen LogP contribution is 2.47. The third-order valence-corrected chi connectivity index (χ3v) is 4.35. The predicted octanol–water partition coefficient (Wildman–Crippen LogP) is 1.03. The first-order valence-corrected chi connectivity index (χ1v) is 5.03. The van der Waals surface area contributed by atoms with Crippen LogP contribution in [0.2, 0.25) is 0 Å². The van der Waals surface area contributed by atoms with Gasteiger partial charge in [0.25, 0.3) is 5.24 Å². The zero-order valence-corrected chi connectivity index (χ0v) is 9.49. The van der Waals surface area contributed by atoms with Gasteiger partial charge in [0, 0.05) is 0 Å². The first-order chi connectivity index (χ1) is 5.70. The van der Waals surface area contributed by atoms with E-state index in [1.807, 2.05) is 27.7 Å². The second-order valence-electron chi connectivity index (χ2n) is 4.52. The van der Waals surface area contributed by atoms with E-state index in [2.05, 4.69) is 0 Å². The fourth-order valence-electron chi connectivity index (χ4n) is 1.16. The summed E-state index contributed by atoms with van der Waals surface area (Å²) < 4.78 is -0.612. The summed E-state index contributed by atoms with van der Waals surface area (Å²) in [6.07, 6.45) is 0. The maximum absolute atomic E-state index is 11.8. The van der Waals surface area contributed by atoms with Crippen LogP contribution in [0.5, 0.6) is 0 Å². The molecule has 0 radical (unpaired) electrons. The summed E-state index contributed by atoms with van der Waals surface area (Å²) in [6.45, 7) is 7.76. The van der Waals surface area contributed by atoms with Gasteiger partial charge in [0.2, 0.25) is 13.9 Å². The fourth-order valence-corrected chi connectivity index (χ4v) is 2.26. The Morgan fingerprint density at radius 3 is 2.00 bits per heavy atom. The zero-order valence-electron chi connectivity index (χ0n) is 8.67. The Bertz CT molecular complexity index is 274. The number of hydrogen-bond acceptors (Lipinski definition) is 3. The van der Waals surface area contributed by atoms with Gasteiger partial charge in [0.15, 0.2) is 0 Å². The Kier molecular flexibility index (Phi) is 2.27. The van der Waals surface area contributed by atoms with Crippen LogP contribution in [-0.2, 0) is 4.79 Å². The van der Waals surface area contributed by atoms with Crippen molar-refractivity contribution in [2.75, 3.05) is 0 Å². The van der Waals surface area contributed by atoms with Gasteiger partial charge in [-0.1, -0.05) is 20.8 Å². The van der Waals surface area contributed by atoms with Crippen LogP contribution in [0.15, 0.2) is 0 Å². The molecule has 0 aromatic carbocycles. The van der Waals surface area contributed by atoms with E-state index in [0.29, 0.717) is 0 Å². The highest BCUT2D eigenvalue weighted by Gasteiger charge is 2.54. The van der Waals surface area contributed by atoms with Gasteiger partial charge in [0.05, 0.1) is 0 Å². The topological polar surface area (TPSA) is 37.4 Å². The molecule has 1 aliphatic rings. The molecule has 1 atom stereocenters. The highest BCUT2D eigenvalue weighted by molar-refractivity contribution is 8.16. The molecule has 1 aliphatic heterocycles. The minimum Gasteiger partial charge on any atom is -0.326 e. The summed E-state index contributed by atoms with van der Waals surface area (Å²) in [4.78, 5) is 24.3. The van der Waals surface area contributed by atoms with Gasteiger partial charge in [-0.15, -0.1) is 0 Å². The number of nitrogens with zero attached hydrogens (tertiary/aromatic N) is 1. The minimum atomic E-state index is -0.612. The molecule has 1 heterocycles. The van der Waals surface area contributed by atoms with Crippen molar-refractivity contribution in [3.05, 3.63) is 0 Å². The maximum atomic E-state index is 11.8. The van der Waals surface area contributed by atoms with Crippen LogP contribution in [0.3, 0.4) is 0 Å². The van der Waals surface area contributed by atoms with Gasteiger partial charge in [-0.05, 0) is 24.1 Å². The number of hydrogen-bond donors (Lipinski definition) is 0. The van der Waals surface area contributed by atoms with Crippen molar-refractivity contribution < 1.29 is 9.59 Å². The molecule has 0 bridgehead atoms. The molecular weight excluding hydrogens is 185 g/mol. The average molecular weight is 199 g/mol. The summed E-state index contributed by atoms with van der Waals surface area (Å²) in [5, 5.41) is -0.151. The summed E-state index contributed by atoms with van der Waals surface area (Å²) in [5.74, 6) is -0.0880. The molecule has 0 aliphatic carbocycles. The van der Waals surface area contributed by atoms with E-state index in [9.17, 15) is 9.59 Å². The van der Waals surface area contributed by atoms with Gasteiger partial charge in [-0.2, -0.15) is 0 Å². The van der Waals surface area contributed by atoms with Gasteiger partial charge in [0.1, 0.15) is 4.75 Å². The quantitative estimate of drug-likeness (QED) is 0.547. The predicted molar refractivity (Wildman–Crippen MR) is 56.2 cm³/mol. The Balaban J connectivity index is 3.09. The molecule has 1 unspecified atom stereocenters. The van der Waals surface area contributed by atoms with Crippen molar-refractivity contribution in [3.8, 4) is 0 Å². The molecule has 1 fully saturated rings. The van der Waals surface area contributed by atoms with Crippen LogP contribution in [0.4, 0.5) is 4.79 Å². The second-order valence-corrected chi connectivity index (χ2v) is 5.89. The number of thioether (sulfide) groups is 1. The van der Waals surface area contributed by atoms with E-state index in [0.717, 1.165) is 11.8 Å². The molecule has 72 valence electrons. The third-order valence-electron chi connectivity index (χ3n) is 2.71. The van der Waals surface area contributed by atoms with Crippen molar-refractivity contribution in [3.63, 3.8) is 0 Å². The summed E-state index contributed by atoms with van der Waals surface area (Å²) in [6, 6.07) is 0. The normalized spacial score (nSPS) is 30.0. The van der Waals surface area contributed by atoms with Gasteiger partial charge in [-0.3, -0.25) is 9.59 Å². The van der Waals surface area contributed by atoms with Crippen LogP contribution < -0.4 is 0 Å².